The lowest BCUT2D eigenvalue weighted by Gasteiger charge is -2.08. The minimum atomic E-state index is 0.123. The Balaban J connectivity index is 1.49. The molecule has 0 bridgehead atoms. The topological polar surface area (TPSA) is 55.1 Å². The van der Waals surface area contributed by atoms with Crippen molar-refractivity contribution in [1.29, 1.82) is 0 Å². The van der Waals surface area contributed by atoms with E-state index in [1.165, 1.54) is 25.7 Å². The number of carbonyl (C=O) groups is 1. The number of amides is 1. The second kappa shape index (κ2) is 6.22. The number of nitrogens with zero attached hydrogens (tertiary/aromatic N) is 1. The molecule has 1 aliphatic rings. The first-order valence-corrected chi connectivity index (χ1v) is 7.94. The first kappa shape index (κ1) is 13.4. The number of nitrogens with one attached hydrogen (secondary N) is 1. The van der Waals surface area contributed by atoms with Crippen molar-refractivity contribution in [3.8, 4) is 10.8 Å². The van der Waals surface area contributed by atoms with E-state index in [1.807, 2.05) is 17.5 Å². The molecule has 1 fully saturated rings. The molecule has 0 atom stereocenters. The van der Waals surface area contributed by atoms with Crippen molar-refractivity contribution in [2.45, 2.75) is 38.6 Å². The molecule has 0 saturated heterocycles. The van der Waals surface area contributed by atoms with Crippen molar-refractivity contribution < 1.29 is 9.21 Å². The molecule has 1 aliphatic carbocycles. The van der Waals surface area contributed by atoms with Crippen LogP contribution in [0.5, 0.6) is 0 Å². The lowest BCUT2D eigenvalue weighted by Crippen LogP contribution is -2.24. The average Bonchev–Trinajstić information content (AvgIpc) is 3.18. The molecule has 0 unspecified atom stereocenters. The van der Waals surface area contributed by atoms with Gasteiger partial charge in [-0.25, -0.2) is 4.98 Å². The highest BCUT2D eigenvalue weighted by Crippen LogP contribution is 2.27. The maximum absolute atomic E-state index is 11.8. The third-order valence-electron chi connectivity index (χ3n) is 3.70. The molecule has 2 aromatic heterocycles. The number of hydrogen-bond acceptors (Lipinski definition) is 4. The molecule has 106 valence electrons. The summed E-state index contributed by atoms with van der Waals surface area (Å²) in [4.78, 5) is 17.2. The van der Waals surface area contributed by atoms with Gasteiger partial charge in [-0.3, -0.25) is 4.79 Å². The molecule has 1 saturated carbocycles. The Morgan fingerprint density at radius 2 is 2.30 bits per heavy atom. The first-order chi connectivity index (χ1) is 9.81. The van der Waals surface area contributed by atoms with E-state index in [1.54, 1.807) is 17.6 Å². The molecule has 20 heavy (non-hydrogen) atoms. The highest BCUT2D eigenvalue weighted by atomic mass is 32.1. The standard InChI is InChI=1S/C15H18N2O2S/c18-14(8-11-4-1-2-5-11)16-9-12-10-19-15(17-12)13-6-3-7-20-13/h3,6-7,10-11H,1-2,4-5,8-9H2,(H,16,18). The van der Waals surface area contributed by atoms with Gasteiger partial charge >= 0.3 is 0 Å². The van der Waals surface area contributed by atoms with Gasteiger partial charge in [-0.1, -0.05) is 18.9 Å². The normalized spacial score (nSPS) is 15.6. The van der Waals surface area contributed by atoms with E-state index >= 15 is 0 Å². The van der Waals surface area contributed by atoms with Crippen molar-refractivity contribution in [1.82, 2.24) is 10.3 Å². The molecule has 4 nitrogen and oxygen atoms in total. The summed E-state index contributed by atoms with van der Waals surface area (Å²) in [5.41, 5.74) is 0.771. The highest BCUT2D eigenvalue weighted by molar-refractivity contribution is 7.13. The van der Waals surface area contributed by atoms with E-state index in [-0.39, 0.29) is 5.91 Å². The van der Waals surface area contributed by atoms with Crippen LogP contribution in [0.25, 0.3) is 10.8 Å². The number of rotatable bonds is 5. The summed E-state index contributed by atoms with van der Waals surface area (Å²) in [6.45, 7) is 0.445. The Labute approximate surface area is 122 Å². The number of hydrogen-bond donors (Lipinski definition) is 1. The molecule has 2 aromatic rings. The third kappa shape index (κ3) is 3.28. The summed E-state index contributed by atoms with van der Waals surface area (Å²) in [6.07, 6.45) is 7.19. The predicted octanol–water partition coefficient (Wildman–Crippen LogP) is 3.60. The molecule has 1 amide bonds. The van der Waals surface area contributed by atoms with Crippen LogP contribution >= 0.6 is 11.3 Å². The summed E-state index contributed by atoms with van der Waals surface area (Å²) in [5.74, 6) is 1.33. The molecular weight excluding hydrogens is 272 g/mol. The van der Waals surface area contributed by atoms with E-state index in [0.717, 1.165) is 10.6 Å². The van der Waals surface area contributed by atoms with E-state index in [2.05, 4.69) is 10.3 Å². The van der Waals surface area contributed by atoms with E-state index in [9.17, 15) is 4.79 Å². The van der Waals surface area contributed by atoms with Crippen LogP contribution in [0.15, 0.2) is 28.2 Å². The molecule has 3 rings (SSSR count). The second-order valence-corrected chi connectivity index (χ2v) is 6.20. The van der Waals surface area contributed by atoms with Crippen molar-refractivity contribution in [2.75, 3.05) is 0 Å². The summed E-state index contributed by atoms with van der Waals surface area (Å²) in [7, 11) is 0. The smallest absolute Gasteiger partial charge is 0.236 e. The summed E-state index contributed by atoms with van der Waals surface area (Å²) in [5, 5.41) is 4.92. The van der Waals surface area contributed by atoms with E-state index in [0.29, 0.717) is 24.8 Å². The van der Waals surface area contributed by atoms with Crippen LogP contribution in [0.1, 0.15) is 37.8 Å². The van der Waals surface area contributed by atoms with Gasteiger partial charge in [0, 0.05) is 6.42 Å². The third-order valence-corrected chi connectivity index (χ3v) is 4.56. The zero-order valence-electron chi connectivity index (χ0n) is 11.3. The van der Waals surface area contributed by atoms with Crippen molar-refractivity contribution in [3.63, 3.8) is 0 Å². The van der Waals surface area contributed by atoms with Gasteiger partial charge in [-0.2, -0.15) is 0 Å². The van der Waals surface area contributed by atoms with Crippen LogP contribution in [0.4, 0.5) is 0 Å². The van der Waals surface area contributed by atoms with Crippen LogP contribution in [-0.4, -0.2) is 10.9 Å². The van der Waals surface area contributed by atoms with Gasteiger partial charge < -0.3 is 9.73 Å². The Hall–Kier alpha value is -1.62. The van der Waals surface area contributed by atoms with Gasteiger partial charge in [-0.15, -0.1) is 11.3 Å². The Morgan fingerprint density at radius 1 is 1.45 bits per heavy atom. The van der Waals surface area contributed by atoms with Gasteiger partial charge in [0.05, 0.1) is 17.1 Å². The van der Waals surface area contributed by atoms with Crippen molar-refractivity contribution in [2.24, 2.45) is 5.92 Å². The molecule has 5 heteroatoms. The Morgan fingerprint density at radius 3 is 3.05 bits per heavy atom. The number of carbonyl (C=O) groups excluding carboxylic acids is 1. The van der Waals surface area contributed by atoms with Crippen LogP contribution in [0.3, 0.4) is 0 Å². The summed E-state index contributed by atoms with van der Waals surface area (Å²) >= 11 is 1.59. The monoisotopic (exact) mass is 290 g/mol. The maximum Gasteiger partial charge on any atom is 0.236 e. The Bertz CT molecular complexity index is 556. The van der Waals surface area contributed by atoms with Gasteiger partial charge in [0.25, 0.3) is 0 Å². The quantitative estimate of drug-likeness (QED) is 0.915. The fourth-order valence-corrected chi connectivity index (χ4v) is 3.30. The summed E-state index contributed by atoms with van der Waals surface area (Å²) < 4.78 is 5.42. The fraction of sp³-hybridized carbons (Fsp3) is 0.467. The van der Waals surface area contributed by atoms with Crippen LogP contribution < -0.4 is 5.32 Å². The lowest BCUT2D eigenvalue weighted by atomic mass is 10.0. The molecule has 0 radical (unpaired) electrons. The highest BCUT2D eigenvalue weighted by Gasteiger charge is 2.18. The van der Waals surface area contributed by atoms with Gasteiger partial charge in [-0.05, 0) is 30.2 Å². The van der Waals surface area contributed by atoms with Gasteiger partial charge in [0.2, 0.25) is 11.8 Å². The molecule has 1 N–H and O–H groups in total. The molecule has 0 aromatic carbocycles. The number of aromatic nitrogens is 1. The van der Waals surface area contributed by atoms with Crippen LogP contribution in [-0.2, 0) is 11.3 Å². The Kier molecular flexibility index (Phi) is 4.16. The predicted molar refractivity (Wildman–Crippen MR) is 78.2 cm³/mol. The average molecular weight is 290 g/mol. The lowest BCUT2D eigenvalue weighted by molar-refractivity contribution is -0.122. The van der Waals surface area contributed by atoms with Gasteiger partial charge in [0.1, 0.15) is 6.26 Å². The molecule has 0 aliphatic heterocycles. The van der Waals surface area contributed by atoms with Crippen LogP contribution in [0, 0.1) is 5.92 Å². The minimum absolute atomic E-state index is 0.123. The van der Waals surface area contributed by atoms with Crippen molar-refractivity contribution in [3.05, 3.63) is 29.5 Å². The molecular formula is C15H18N2O2S. The van der Waals surface area contributed by atoms with Gasteiger partial charge in [0.15, 0.2) is 0 Å². The molecule has 2 heterocycles. The molecule has 0 spiro atoms. The van der Waals surface area contributed by atoms with Crippen LogP contribution in [0.2, 0.25) is 0 Å². The largest absolute Gasteiger partial charge is 0.443 e. The number of thiophene rings is 1. The second-order valence-electron chi connectivity index (χ2n) is 5.25. The number of oxazole rings is 1. The minimum Gasteiger partial charge on any atom is -0.443 e. The summed E-state index contributed by atoms with van der Waals surface area (Å²) in [6, 6.07) is 3.94. The van der Waals surface area contributed by atoms with E-state index < -0.39 is 0 Å². The maximum atomic E-state index is 11.8. The fourth-order valence-electron chi connectivity index (χ4n) is 2.64. The zero-order valence-corrected chi connectivity index (χ0v) is 12.1. The first-order valence-electron chi connectivity index (χ1n) is 7.06. The SMILES string of the molecule is O=C(CC1CCCC1)NCc1coc(-c2cccs2)n1. The zero-order chi connectivity index (χ0) is 13.8. The van der Waals surface area contributed by atoms with Crippen molar-refractivity contribution >= 4 is 17.2 Å². The van der Waals surface area contributed by atoms with E-state index in [4.69, 9.17) is 4.42 Å².